The van der Waals surface area contributed by atoms with Gasteiger partial charge in [0.1, 0.15) is 6.42 Å². The number of carbonyl (C=O) groups excluding carboxylic acids is 1. The summed E-state index contributed by atoms with van der Waals surface area (Å²) in [5.74, 6) is -4.08. The van der Waals surface area contributed by atoms with E-state index in [1.165, 1.54) is 0 Å². The lowest BCUT2D eigenvalue weighted by Crippen LogP contribution is -2.47. The zero-order valence-corrected chi connectivity index (χ0v) is 10.7. The molecular formula is C11H10ClNO7. The molecule has 1 aliphatic rings. The molecule has 2 atom stereocenters. The van der Waals surface area contributed by atoms with Gasteiger partial charge in [0.25, 0.3) is 10.8 Å². The molecule has 108 valence electrons. The number of carbonyl (C=O) groups is 3. The Kier molecular flexibility index (Phi) is 4.61. The van der Waals surface area contributed by atoms with E-state index in [2.05, 4.69) is 0 Å². The molecule has 0 aliphatic heterocycles. The number of allylic oxidation sites excluding steroid dienone is 2. The summed E-state index contributed by atoms with van der Waals surface area (Å²) in [5, 5.41) is 27.9. The van der Waals surface area contributed by atoms with Crippen LogP contribution in [0, 0.1) is 16.0 Å². The summed E-state index contributed by atoms with van der Waals surface area (Å²) in [5.41, 5.74) is -2.21. The van der Waals surface area contributed by atoms with E-state index in [1.54, 1.807) is 0 Å². The van der Waals surface area contributed by atoms with Crippen LogP contribution in [0.4, 0.5) is 0 Å². The molecule has 0 fully saturated rings. The highest BCUT2D eigenvalue weighted by atomic mass is 35.5. The van der Waals surface area contributed by atoms with Gasteiger partial charge in [0.05, 0.1) is 12.3 Å². The number of nitrogens with zero attached hydrogens (tertiary/aromatic N) is 1. The fraction of sp³-hybridized carbons (Fsp3) is 0.364. The molecule has 1 rings (SSSR count). The number of nitro groups is 1. The van der Waals surface area contributed by atoms with Crippen molar-refractivity contribution in [2.75, 3.05) is 0 Å². The summed E-state index contributed by atoms with van der Waals surface area (Å²) in [6.45, 7) is 0. The van der Waals surface area contributed by atoms with Gasteiger partial charge in [0, 0.05) is 10.5 Å². The van der Waals surface area contributed by atoms with Gasteiger partial charge in [-0.05, 0) is 23.8 Å². The molecule has 0 amide bonds. The standard InChI is InChI=1S/C11H10ClNO7/c12-10(18)6-1-2-11(13(19)20,5-9(16)17)7(3-6)4-8(14)15/h1-3,7H,4-5H2,(H,14,15)(H,16,17). The topological polar surface area (TPSA) is 135 Å². The lowest BCUT2D eigenvalue weighted by Gasteiger charge is -2.29. The number of aliphatic carboxylic acids is 2. The number of carboxylic acid groups (broad SMARTS) is 2. The Balaban J connectivity index is 3.30. The number of carboxylic acids is 2. The summed E-state index contributed by atoms with van der Waals surface area (Å²) in [7, 11) is 0. The van der Waals surface area contributed by atoms with Gasteiger partial charge in [0.2, 0.25) is 0 Å². The van der Waals surface area contributed by atoms with Gasteiger partial charge in [0.15, 0.2) is 0 Å². The van der Waals surface area contributed by atoms with E-state index in [1.807, 2.05) is 0 Å². The van der Waals surface area contributed by atoms with Gasteiger partial charge < -0.3 is 10.2 Å². The van der Waals surface area contributed by atoms with Crippen LogP contribution in [0.3, 0.4) is 0 Å². The van der Waals surface area contributed by atoms with Crippen molar-refractivity contribution in [3.05, 3.63) is 33.9 Å². The Hall–Kier alpha value is -2.22. The van der Waals surface area contributed by atoms with Gasteiger partial charge >= 0.3 is 11.9 Å². The van der Waals surface area contributed by atoms with Crippen molar-refractivity contribution >= 4 is 28.8 Å². The molecule has 9 heteroatoms. The Labute approximate surface area is 117 Å². The minimum Gasteiger partial charge on any atom is -0.481 e. The van der Waals surface area contributed by atoms with Crippen molar-refractivity contribution in [1.29, 1.82) is 0 Å². The predicted molar refractivity (Wildman–Crippen MR) is 65.8 cm³/mol. The maximum absolute atomic E-state index is 11.2. The minimum absolute atomic E-state index is 0.0965. The van der Waals surface area contributed by atoms with E-state index in [9.17, 15) is 24.5 Å². The molecule has 0 spiro atoms. The number of hydrogen-bond donors (Lipinski definition) is 2. The molecule has 0 saturated heterocycles. The second-order valence-corrected chi connectivity index (χ2v) is 4.60. The molecule has 0 heterocycles. The van der Waals surface area contributed by atoms with Crippen LogP contribution in [0.2, 0.25) is 0 Å². The van der Waals surface area contributed by atoms with E-state index in [-0.39, 0.29) is 5.57 Å². The number of hydrogen-bond acceptors (Lipinski definition) is 5. The molecule has 0 aromatic heterocycles. The number of rotatable bonds is 6. The SMILES string of the molecule is O=C(O)CC1C=C(C(=O)Cl)C=CC1(CC(=O)O)[N+](=O)[O-]. The summed E-state index contributed by atoms with van der Waals surface area (Å²) < 4.78 is 0. The predicted octanol–water partition coefficient (Wildman–Crippen LogP) is 0.829. The van der Waals surface area contributed by atoms with Crippen molar-refractivity contribution in [3.63, 3.8) is 0 Å². The average Bonchev–Trinajstić information content (AvgIpc) is 2.29. The quantitative estimate of drug-likeness (QED) is 0.421. The van der Waals surface area contributed by atoms with E-state index in [0.29, 0.717) is 0 Å². The summed E-state index contributed by atoms with van der Waals surface area (Å²) >= 11 is 5.24. The third-order valence-electron chi connectivity index (χ3n) is 2.97. The number of halogens is 1. The third kappa shape index (κ3) is 3.21. The van der Waals surface area contributed by atoms with Gasteiger partial charge in [-0.15, -0.1) is 0 Å². The highest BCUT2D eigenvalue weighted by Crippen LogP contribution is 2.36. The van der Waals surface area contributed by atoms with Gasteiger partial charge in [-0.3, -0.25) is 24.5 Å². The zero-order chi connectivity index (χ0) is 15.5. The third-order valence-corrected chi connectivity index (χ3v) is 3.19. The van der Waals surface area contributed by atoms with Crippen molar-refractivity contribution in [1.82, 2.24) is 0 Å². The van der Waals surface area contributed by atoms with Crippen molar-refractivity contribution in [2.24, 2.45) is 5.92 Å². The van der Waals surface area contributed by atoms with Crippen LogP contribution >= 0.6 is 11.6 Å². The molecular weight excluding hydrogens is 294 g/mol. The molecule has 1 aliphatic carbocycles. The Morgan fingerprint density at radius 1 is 1.35 bits per heavy atom. The fourth-order valence-electron chi connectivity index (χ4n) is 2.02. The zero-order valence-electron chi connectivity index (χ0n) is 9.98. The Morgan fingerprint density at radius 2 is 1.95 bits per heavy atom. The molecule has 2 N–H and O–H groups in total. The Morgan fingerprint density at radius 3 is 2.35 bits per heavy atom. The maximum atomic E-state index is 11.2. The Bertz CT molecular complexity index is 539. The molecule has 0 saturated carbocycles. The minimum atomic E-state index is -2.11. The molecule has 0 bridgehead atoms. The summed E-state index contributed by atoms with van der Waals surface area (Å²) in [6.07, 6.45) is 1.42. The molecule has 20 heavy (non-hydrogen) atoms. The highest BCUT2D eigenvalue weighted by Gasteiger charge is 2.51. The lowest BCUT2D eigenvalue weighted by molar-refractivity contribution is -0.562. The molecule has 2 unspecified atom stereocenters. The van der Waals surface area contributed by atoms with Crippen LogP contribution in [0.1, 0.15) is 12.8 Å². The van der Waals surface area contributed by atoms with Crippen LogP contribution in [0.15, 0.2) is 23.8 Å². The largest absolute Gasteiger partial charge is 0.481 e. The van der Waals surface area contributed by atoms with Gasteiger partial charge in [-0.2, -0.15) is 0 Å². The maximum Gasteiger partial charge on any atom is 0.311 e. The summed E-state index contributed by atoms with van der Waals surface area (Å²) in [6, 6.07) is 0. The van der Waals surface area contributed by atoms with Crippen molar-refractivity contribution < 1.29 is 29.5 Å². The van der Waals surface area contributed by atoms with E-state index in [4.69, 9.17) is 21.8 Å². The first-order chi connectivity index (χ1) is 9.19. The fourth-order valence-corrected chi connectivity index (χ4v) is 2.15. The van der Waals surface area contributed by atoms with E-state index < -0.39 is 46.4 Å². The second-order valence-electron chi connectivity index (χ2n) is 4.25. The molecule has 8 nitrogen and oxygen atoms in total. The molecule has 0 radical (unpaired) electrons. The van der Waals surface area contributed by atoms with Crippen LogP contribution < -0.4 is 0 Å². The van der Waals surface area contributed by atoms with E-state index in [0.717, 1.165) is 18.2 Å². The smallest absolute Gasteiger partial charge is 0.311 e. The molecule has 0 aromatic rings. The van der Waals surface area contributed by atoms with Crippen LogP contribution in [-0.4, -0.2) is 37.9 Å². The monoisotopic (exact) mass is 303 g/mol. The first kappa shape index (κ1) is 15.8. The van der Waals surface area contributed by atoms with E-state index >= 15 is 0 Å². The first-order valence-electron chi connectivity index (χ1n) is 5.38. The second kappa shape index (κ2) is 5.83. The normalized spacial score (nSPS) is 24.9. The van der Waals surface area contributed by atoms with Gasteiger partial charge in [-0.25, -0.2) is 0 Å². The highest BCUT2D eigenvalue weighted by molar-refractivity contribution is 6.68. The molecule has 0 aromatic carbocycles. The van der Waals surface area contributed by atoms with Crippen LogP contribution in [-0.2, 0) is 14.4 Å². The summed E-state index contributed by atoms with van der Waals surface area (Å²) in [4.78, 5) is 43.1. The first-order valence-corrected chi connectivity index (χ1v) is 5.76. The van der Waals surface area contributed by atoms with Gasteiger partial charge in [-0.1, -0.05) is 6.08 Å². The average molecular weight is 304 g/mol. The van der Waals surface area contributed by atoms with Crippen molar-refractivity contribution in [2.45, 2.75) is 18.4 Å². The van der Waals surface area contributed by atoms with Crippen LogP contribution in [0.25, 0.3) is 0 Å². The van der Waals surface area contributed by atoms with Crippen molar-refractivity contribution in [3.8, 4) is 0 Å². The lowest BCUT2D eigenvalue weighted by atomic mass is 9.75. The van der Waals surface area contributed by atoms with Crippen LogP contribution in [0.5, 0.6) is 0 Å².